The van der Waals surface area contributed by atoms with Crippen LogP contribution < -0.4 is 10.6 Å². The number of nitrogens with two attached hydrogens (primary N) is 1. The number of anilines is 1. The van der Waals surface area contributed by atoms with E-state index < -0.39 is 0 Å². The average molecular weight is 232 g/mol. The molecule has 1 aromatic carbocycles. The molecule has 1 aliphatic heterocycles. The van der Waals surface area contributed by atoms with E-state index in [1.165, 1.54) is 12.1 Å². The molecule has 0 radical (unpaired) electrons. The molecule has 1 heterocycles. The molecule has 17 heavy (non-hydrogen) atoms. The number of hydrogen-bond acceptors (Lipinski definition) is 4. The molecule has 0 spiro atoms. The summed E-state index contributed by atoms with van der Waals surface area (Å²) in [6.07, 6.45) is 0. The first-order chi connectivity index (χ1) is 8.15. The summed E-state index contributed by atoms with van der Waals surface area (Å²) >= 11 is 0. The zero-order valence-corrected chi connectivity index (χ0v) is 9.04. The second-order valence-corrected chi connectivity index (χ2v) is 4.48. The minimum absolute atomic E-state index is 0.0172. The molecule has 1 saturated heterocycles. The topological polar surface area (TPSA) is 83.6 Å². The predicted molar refractivity (Wildman–Crippen MR) is 60.1 cm³/mol. The number of aromatic hydroxyl groups is 1. The van der Waals surface area contributed by atoms with Crippen LogP contribution in [0.3, 0.4) is 0 Å². The number of piperidine rings is 1. The van der Waals surface area contributed by atoms with Crippen LogP contribution in [0.25, 0.3) is 0 Å². The Kier molecular flexibility index (Phi) is 2.00. The lowest BCUT2D eigenvalue weighted by Gasteiger charge is -2.18. The van der Waals surface area contributed by atoms with E-state index in [0.29, 0.717) is 12.2 Å². The first-order valence-electron chi connectivity index (χ1n) is 5.52. The van der Waals surface area contributed by atoms with Crippen LogP contribution >= 0.6 is 0 Å². The van der Waals surface area contributed by atoms with E-state index in [4.69, 9.17) is 5.73 Å². The second-order valence-electron chi connectivity index (χ2n) is 4.48. The van der Waals surface area contributed by atoms with E-state index in [-0.39, 0.29) is 35.3 Å². The second kappa shape index (κ2) is 3.30. The van der Waals surface area contributed by atoms with Crippen LogP contribution in [-0.2, 0) is 9.59 Å². The summed E-state index contributed by atoms with van der Waals surface area (Å²) in [5.41, 5.74) is 5.93. The Balaban J connectivity index is 1.93. The molecule has 2 atom stereocenters. The van der Waals surface area contributed by atoms with Gasteiger partial charge in [0.1, 0.15) is 5.75 Å². The minimum Gasteiger partial charge on any atom is -0.508 e. The van der Waals surface area contributed by atoms with Crippen molar-refractivity contribution in [2.75, 3.05) is 11.4 Å². The van der Waals surface area contributed by atoms with Crippen molar-refractivity contribution in [3.8, 4) is 5.75 Å². The van der Waals surface area contributed by atoms with E-state index in [2.05, 4.69) is 0 Å². The van der Waals surface area contributed by atoms with Gasteiger partial charge in [-0.25, -0.2) is 4.90 Å². The highest BCUT2D eigenvalue weighted by molar-refractivity contribution is 6.25. The first-order valence-corrected chi connectivity index (χ1v) is 5.52. The average Bonchev–Trinajstić information content (AvgIpc) is 2.97. The smallest absolute Gasteiger partial charge is 0.238 e. The number of imide groups is 1. The van der Waals surface area contributed by atoms with E-state index in [1.807, 2.05) is 0 Å². The van der Waals surface area contributed by atoms with Gasteiger partial charge in [-0.3, -0.25) is 9.59 Å². The maximum absolute atomic E-state index is 12.0. The van der Waals surface area contributed by atoms with Crippen molar-refractivity contribution in [3.63, 3.8) is 0 Å². The minimum atomic E-state index is -0.241. The third-order valence-electron chi connectivity index (χ3n) is 3.54. The molecule has 1 aliphatic carbocycles. The maximum atomic E-state index is 12.0. The van der Waals surface area contributed by atoms with Crippen LogP contribution in [0, 0.1) is 17.8 Å². The van der Waals surface area contributed by atoms with Gasteiger partial charge in [-0.05, 0) is 24.6 Å². The molecule has 0 bridgehead atoms. The fourth-order valence-electron chi connectivity index (χ4n) is 2.63. The Bertz CT molecular complexity index is 492. The lowest BCUT2D eigenvalue weighted by molar-refractivity contribution is -0.124. The van der Waals surface area contributed by atoms with Crippen LogP contribution in [0.4, 0.5) is 5.69 Å². The number of hydrogen-bond donors (Lipinski definition) is 2. The van der Waals surface area contributed by atoms with Gasteiger partial charge in [0.15, 0.2) is 0 Å². The van der Waals surface area contributed by atoms with Gasteiger partial charge in [-0.1, -0.05) is 6.07 Å². The lowest BCUT2D eigenvalue weighted by Crippen LogP contribution is -2.35. The summed E-state index contributed by atoms with van der Waals surface area (Å²) in [6, 6.07) is 6.16. The fraction of sp³-hybridized carbons (Fsp3) is 0.333. The van der Waals surface area contributed by atoms with Crippen molar-refractivity contribution in [2.45, 2.75) is 0 Å². The number of rotatable bonds is 2. The summed E-state index contributed by atoms with van der Waals surface area (Å²) in [7, 11) is 0. The highest BCUT2D eigenvalue weighted by Gasteiger charge is 2.66. The summed E-state index contributed by atoms with van der Waals surface area (Å²) in [4.78, 5) is 25.2. The van der Waals surface area contributed by atoms with E-state index >= 15 is 0 Å². The van der Waals surface area contributed by atoms with Crippen LogP contribution in [0.2, 0.25) is 0 Å². The van der Waals surface area contributed by atoms with Gasteiger partial charge in [0.2, 0.25) is 11.8 Å². The maximum Gasteiger partial charge on any atom is 0.238 e. The molecule has 2 fully saturated rings. The van der Waals surface area contributed by atoms with E-state index in [0.717, 1.165) is 4.90 Å². The summed E-state index contributed by atoms with van der Waals surface area (Å²) in [5.74, 6) is -0.811. The monoisotopic (exact) mass is 232 g/mol. The quantitative estimate of drug-likeness (QED) is 0.708. The molecule has 88 valence electrons. The van der Waals surface area contributed by atoms with Gasteiger partial charge in [0.25, 0.3) is 0 Å². The highest BCUT2D eigenvalue weighted by atomic mass is 16.3. The fourth-order valence-corrected chi connectivity index (χ4v) is 2.63. The highest BCUT2D eigenvalue weighted by Crippen LogP contribution is 2.53. The molecular formula is C12H12N2O3. The Morgan fingerprint density at radius 3 is 2.41 bits per heavy atom. The molecule has 0 aromatic heterocycles. The van der Waals surface area contributed by atoms with Gasteiger partial charge < -0.3 is 10.8 Å². The van der Waals surface area contributed by atoms with E-state index in [9.17, 15) is 14.7 Å². The zero-order chi connectivity index (χ0) is 12.2. The van der Waals surface area contributed by atoms with Crippen molar-refractivity contribution >= 4 is 17.5 Å². The number of phenolic OH excluding ortho intramolecular Hbond substituents is 1. The zero-order valence-electron chi connectivity index (χ0n) is 9.04. The van der Waals surface area contributed by atoms with Gasteiger partial charge >= 0.3 is 0 Å². The molecule has 1 aromatic rings. The Morgan fingerprint density at radius 2 is 1.88 bits per heavy atom. The summed E-state index contributed by atoms with van der Waals surface area (Å²) < 4.78 is 0. The third-order valence-corrected chi connectivity index (χ3v) is 3.54. The van der Waals surface area contributed by atoms with E-state index in [1.54, 1.807) is 12.1 Å². The normalized spacial score (nSPS) is 30.6. The van der Waals surface area contributed by atoms with Crippen LogP contribution in [0.5, 0.6) is 5.75 Å². The van der Waals surface area contributed by atoms with Crippen molar-refractivity contribution in [1.82, 2.24) is 0 Å². The predicted octanol–water partition coefficient (Wildman–Crippen LogP) is 0.0863. The Morgan fingerprint density at radius 1 is 1.24 bits per heavy atom. The van der Waals surface area contributed by atoms with Gasteiger partial charge in [-0.15, -0.1) is 0 Å². The lowest BCUT2D eigenvalue weighted by atomic mass is 10.2. The van der Waals surface area contributed by atoms with Crippen LogP contribution in [-0.4, -0.2) is 23.5 Å². The largest absolute Gasteiger partial charge is 0.508 e. The number of fused-ring (bicyclic) bond motifs is 1. The number of carbonyl (C=O) groups excluding carboxylic acids is 2. The number of benzene rings is 1. The number of nitrogens with zero attached hydrogens (tertiary/aromatic N) is 1. The van der Waals surface area contributed by atoms with Crippen molar-refractivity contribution < 1.29 is 14.7 Å². The summed E-state index contributed by atoms with van der Waals surface area (Å²) in [6.45, 7) is 0.376. The third kappa shape index (κ3) is 1.29. The number of phenols is 1. The SMILES string of the molecule is NCC1C2C(=O)N(c3cccc(O)c3)C(=O)C12. The first kappa shape index (κ1) is 10.3. The van der Waals surface area contributed by atoms with Crippen molar-refractivity contribution in [1.29, 1.82) is 0 Å². The molecule has 2 amide bonds. The standard InChI is InChI=1S/C12H12N2O3/c13-5-8-9-10(8)12(17)14(11(9)16)6-2-1-3-7(15)4-6/h1-4,8-10,15H,5,13H2. The molecule has 3 N–H and O–H groups in total. The summed E-state index contributed by atoms with van der Waals surface area (Å²) in [5, 5.41) is 9.35. The van der Waals surface area contributed by atoms with Gasteiger partial charge in [0.05, 0.1) is 17.5 Å². The molecule has 2 unspecified atom stereocenters. The molecule has 2 aliphatic rings. The Labute approximate surface area is 97.8 Å². The molecule has 5 nitrogen and oxygen atoms in total. The van der Waals surface area contributed by atoms with Crippen molar-refractivity contribution in [3.05, 3.63) is 24.3 Å². The molecular weight excluding hydrogens is 220 g/mol. The van der Waals surface area contributed by atoms with Gasteiger partial charge in [-0.2, -0.15) is 0 Å². The molecule has 3 rings (SSSR count). The van der Waals surface area contributed by atoms with Gasteiger partial charge in [0, 0.05) is 6.07 Å². The van der Waals surface area contributed by atoms with Crippen LogP contribution in [0.1, 0.15) is 0 Å². The Hall–Kier alpha value is -1.88. The molecule has 5 heteroatoms. The van der Waals surface area contributed by atoms with Crippen LogP contribution in [0.15, 0.2) is 24.3 Å². The molecule has 1 saturated carbocycles. The number of carbonyl (C=O) groups is 2. The number of amides is 2. The van der Waals surface area contributed by atoms with Crippen molar-refractivity contribution in [2.24, 2.45) is 23.5 Å².